The fourth-order valence-corrected chi connectivity index (χ4v) is 1.60. The summed E-state index contributed by atoms with van der Waals surface area (Å²) in [6.07, 6.45) is -0.676. The molecule has 1 fully saturated rings. The highest BCUT2D eigenvalue weighted by Gasteiger charge is 2.23. The number of hydrogen-bond acceptors (Lipinski definition) is 4. The van der Waals surface area contributed by atoms with Crippen molar-refractivity contribution in [2.75, 3.05) is 19.8 Å². The van der Waals surface area contributed by atoms with Crippen LogP contribution in [0.25, 0.3) is 0 Å². The molecule has 3 atom stereocenters. The summed E-state index contributed by atoms with van der Waals surface area (Å²) in [6, 6.07) is -0.524. The average Bonchev–Trinajstić information content (AvgIpc) is 2.78. The van der Waals surface area contributed by atoms with Gasteiger partial charge in [0.2, 0.25) is 0 Å². The number of aliphatic hydroxyl groups is 1. The van der Waals surface area contributed by atoms with Gasteiger partial charge in [-0.3, -0.25) is 0 Å². The molecule has 0 aromatic heterocycles. The predicted octanol–water partition coefficient (Wildman–Crippen LogP) is -0.844. The molecule has 0 aromatic carbocycles. The van der Waals surface area contributed by atoms with Crippen molar-refractivity contribution in [1.29, 1.82) is 0 Å². The number of aliphatic hydroxyl groups excluding tert-OH is 1. The van der Waals surface area contributed by atoms with Gasteiger partial charge in [-0.05, 0) is 13.3 Å². The summed E-state index contributed by atoms with van der Waals surface area (Å²) in [5.74, 6) is -1.08. The topological polar surface area (TPSA) is 108 Å². The minimum atomic E-state index is -1.58. The van der Waals surface area contributed by atoms with E-state index in [1.54, 1.807) is 0 Å². The third-order valence-electron chi connectivity index (χ3n) is 2.77. The molecular formula is C10H18N2O5. The first-order valence-corrected chi connectivity index (χ1v) is 5.53. The van der Waals surface area contributed by atoms with Crippen LogP contribution in [0, 0.1) is 5.92 Å². The highest BCUT2D eigenvalue weighted by molar-refractivity contribution is 5.76. The highest BCUT2D eigenvalue weighted by Crippen LogP contribution is 2.15. The molecule has 0 aromatic rings. The van der Waals surface area contributed by atoms with Crippen LogP contribution in [0.4, 0.5) is 4.79 Å². The Hall–Kier alpha value is -1.34. The zero-order valence-electron chi connectivity index (χ0n) is 9.68. The van der Waals surface area contributed by atoms with Crippen LogP contribution in [0.3, 0.4) is 0 Å². The van der Waals surface area contributed by atoms with Gasteiger partial charge in [-0.15, -0.1) is 0 Å². The molecule has 1 heterocycles. The van der Waals surface area contributed by atoms with Crippen molar-refractivity contribution in [3.63, 3.8) is 0 Å². The van der Waals surface area contributed by atoms with Crippen molar-refractivity contribution in [2.24, 2.45) is 5.92 Å². The van der Waals surface area contributed by atoms with Crippen LogP contribution < -0.4 is 10.6 Å². The Morgan fingerprint density at radius 3 is 2.76 bits per heavy atom. The lowest BCUT2D eigenvalue weighted by molar-refractivity contribution is -0.146. The van der Waals surface area contributed by atoms with Crippen molar-refractivity contribution < 1.29 is 24.5 Å². The Morgan fingerprint density at radius 2 is 2.24 bits per heavy atom. The molecule has 1 saturated heterocycles. The number of rotatable bonds is 5. The van der Waals surface area contributed by atoms with Crippen molar-refractivity contribution in [3.8, 4) is 0 Å². The SMILES string of the molecule is CC(NC(=O)NCC(O)C(=O)O)C1CCOC1. The minimum Gasteiger partial charge on any atom is -0.479 e. The third kappa shape index (κ3) is 4.58. The fourth-order valence-electron chi connectivity index (χ4n) is 1.60. The first-order chi connectivity index (χ1) is 8.00. The van der Waals surface area contributed by atoms with Crippen molar-refractivity contribution in [2.45, 2.75) is 25.5 Å². The molecule has 1 aliphatic rings. The Kier molecular flexibility index (Phi) is 5.17. The summed E-state index contributed by atoms with van der Waals surface area (Å²) in [5, 5.41) is 22.3. The van der Waals surface area contributed by atoms with E-state index in [0.29, 0.717) is 13.2 Å². The van der Waals surface area contributed by atoms with E-state index < -0.39 is 18.1 Å². The summed E-state index contributed by atoms with van der Waals surface area (Å²) in [6.45, 7) is 2.89. The Balaban J connectivity index is 2.22. The van der Waals surface area contributed by atoms with Gasteiger partial charge >= 0.3 is 12.0 Å². The molecule has 0 radical (unpaired) electrons. The monoisotopic (exact) mass is 246 g/mol. The van der Waals surface area contributed by atoms with Gasteiger partial charge in [0.25, 0.3) is 0 Å². The summed E-state index contributed by atoms with van der Waals surface area (Å²) in [4.78, 5) is 21.7. The van der Waals surface area contributed by atoms with Gasteiger partial charge in [0.1, 0.15) is 0 Å². The van der Waals surface area contributed by atoms with Crippen LogP contribution in [0.2, 0.25) is 0 Å². The fraction of sp³-hybridized carbons (Fsp3) is 0.800. The molecule has 0 aliphatic carbocycles. The second kappa shape index (κ2) is 6.41. The highest BCUT2D eigenvalue weighted by atomic mass is 16.5. The number of carbonyl (C=O) groups is 2. The second-order valence-corrected chi connectivity index (χ2v) is 4.12. The lowest BCUT2D eigenvalue weighted by atomic mass is 10.0. The average molecular weight is 246 g/mol. The lowest BCUT2D eigenvalue weighted by Crippen LogP contribution is -2.47. The number of aliphatic carboxylic acids is 1. The zero-order chi connectivity index (χ0) is 12.8. The quantitative estimate of drug-likeness (QED) is 0.505. The van der Waals surface area contributed by atoms with Crippen molar-refractivity contribution in [3.05, 3.63) is 0 Å². The lowest BCUT2D eigenvalue weighted by Gasteiger charge is -2.19. The normalized spacial score (nSPS) is 22.8. The maximum Gasteiger partial charge on any atom is 0.334 e. The van der Waals surface area contributed by atoms with Crippen molar-refractivity contribution >= 4 is 12.0 Å². The zero-order valence-corrected chi connectivity index (χ0v) is 9.68. The van der Waals surface area contributed by atoms with Gasteiger partial charge in [-0.2, -0.15) is 0 Å². The van der Waals surface area contributed by atoms with Crippen LogP contribution in [0.15, 0.2) is 0 Å². The Labute approximate surface area is 99.1 Å². The van der Waals surface area contributed by atoms with Crippen LogP contribution in [0.1, 0.15) is 13.3 Å². The van der Waals surface area contributed by atoms with Crippen LogP contribution in [-0.4, -0.2) is 54.1 Å². The summed E-state index contributed by atoms with van der Waals surface area (Å²) < 4.78 is 5.20. The van der Waals surface area contributed by atoms with E-state index in [4.69, 9.17) is 14.9 Å². The number of carbonyl (C=O) groups excluding carboxylic acids is 1. The molecule has 0 spiro atoms. The number of hydrogen-bond donors (Lipinski definition) is 4. The van der Waals surface area contributed by atoms with Gasteiger partial charge in [-0.1, -0.05) is 0 Å². The van der Waals surface area contributed by atoms with E-state index in [2.05, 4.69) is 10.6 Å². The summed E-state index contributed by atoms with van der Waals surface area (Å²) >= 11 is 0. The van der Waals surface area contributed by atoms with Crippen LogP contribution in [0.5, 0.6) is 0 Å². The molecule has 3 unspecified atom stereocenters. The summed E-state index contributed by atoms with van der Waals surface area (Å²) in [7, 11) is 0. The molecule has 7 nitrogen and oxygen atoms in total. The van der Waals surface area contributed by atoms with Gasteiger partial charge in [-0.25, -0.2) is 9.59 Å². The second-order valence-electron chi connectivity index (χ2n) is 4.12. The standard InChI is InChI=1S/C10H18N2O5/c1-6(7-2-3-17-5-7)12-10(16)11-4-8(13)9(14)15/h6-8,13H,2-5H2,1H3,(H,14,15)(H2,11,12,16). The molecule has 7 heteroatoms. The van der Waals surface area contributed by atoms with Crippen LogP contribution >= 0.6 is 0 Å². The smallest absolute Gasteiger partial charge is 0.334 e. The molecule has 0 saturated carbocycles. The van der Waals surface area contributed by atoms with Gasteiger partial charge in [0.15, 0.2) is 6.10 Å². The van der Waals surface area contributed by atoms with Crippen LogP contribution in [-0.2, 0) is 9.53 Å². The van der Waals surface area contributed by atoms with E-state index in [1.165, 1.54) is 0 Å². The molecule has 1 rings (SSSR count). The Bertz CT molecular complexity index is 278. The molecule has 98 valence electrons. The van der Waals surface area contributed by atoms with Gasteiger partial charge in [0.05, 0.1) is 13.2 Å². The third-order valence-corrected chi connectivity index (χ3v) is 2.77. The maximum atomic E-state index is 11.4. The van der Waals surface area contributed by atoms with E-state index in [0.717, 1.165) is 6.42 Å². The van der Waals surface area contributed by atoms with E-state index in [-0.39, 0.29) is 18.5 Å². The van der Waals surface area contributed by atoms with Gasteiger partial charge < -0.3 is 25.6 Å². The van der Waals surface area contributed by atoms with E-state index >= 15 is 0 Å². The van der Waals surface area contributed by atoms with E-state index in [1.807, 2.05) is 6.92 Å². The van der Waals surface area contributed by atoms with Gasteiger partial charge in [0, 0.05) is 18.6 Å². The largest absolute Gasteiger partial charge is 0.479 e. The molecule has 1 aliphatic heterocycles. The number of urea groups is 1. The number of carboxylic acids is 1. The first-order valence-electron chi connectivity index (χ1n) is 5.53. The maximum absolute atomic E-state index is 11.4. The Morgan fingerprint density at radius 1 is 1.53 bits per heavy atom. The molecular weight excluding hydrogens is 228 g/mol. The van der Waals surface area contributed by atoms with Crippen molar-refractivity contribution in [1.82, 2.24) is 10.6 Å². The first kappa shape index (κ1) is 13.7. The minimum absolute atomic E-state index is 0.0422. The number of nitrogens with one attached hydrogen (secondary N) is 2. The van der Waals surface area contributed by atoms with E-state index in [9.17, 15) is 9.59 Å². The molecule has 17 heavy (non-hydrogen) atoms. The molecule has 0 bridgehead atoms. The molecule has 2 amide bonds. The summed E-state index contributed by atoms with van der Waals surface area (Å²) in [5.41, 5.74) is 0. The number of carboxylic acid groups (broad SMARTS) is 1. The predicted molar refractivity (Wildman–Crippen MR) is 58.6 cm³/mol. The number of amides is 2. The number of ether oxygens (including phenoxy) is 1. The molecule has 4 N–H and O–H groups in total.